The zero-order valence-corrected chi connectivity index (χ0v) is 11.5. The summed E-state index contributed by atoms with van der Waals surface area (Å²) in [4.78, 5) is 0. The van der Waals surface area contributed by atoms with Crippen LogP contribution in [0, 0.1) is 0 Å². The highest BCUT2D eigenvalue weighted by Crippen LogP contribution is 2.32. The first-order chi connectivity index (χ1) is 8.57. The SMILES string of the molecule is CCN(c1ccccc1N)S(=O)(=O)C1CCCC1. The van der Waals surface area contributed by atoms with Gasteiger partial charge in [-0.2, -0.15) is 0 Å². The molecule has 18 heavy (non-hydrogen) atoms. The quantitative estimate of drug-likeness (QED) is 0.853. The van der Waals surface area contributed by atoms with Gasteiger partial charge in [0.25, 0.3) is 0 Å². The first-order valence-corrected chi connectivity index (χ1v) is 7.93. The minimum Gasteiger partial charge on any atom is -0.397 e. The van der Waals surface area contributed by atoms with Crippen molar-refractivity contribution in [2.24, 2.45) is 0 Å². The first kappa shape index (κ1) is 13.2. The molecule has 0 heterocycles. The molecule has 0 unspecified atom stereocenters. The second kappa shape index (κ2) is 5.18. The predicted molar refractivity (Wildman–Crippen MR) is 75.1 cm³/mol. The van der Waals surface area contributed by atoms with E-state index in [1.165, 1.54) is 4.31 Å². The van der Waals surface area contributed by atoms with Gasteiger partial charge in [0, 0.05) is 6.54 Å². The van der Waals surface area contributed by atoms with Gasteiger partial charge >= 0.3 is 0 Å². The van der Waals surface area contributed by atoms with E-state index in [1.807, 2.05) is 19.1 Å². The van der Waals surface area contributed by atoms with Crippen LogP contribution >= 0.6 is 0 Å². The summed E-state index contributed by atoms with van der Waals surface area (Å²) in [5.41, 5.74) is 7.00. The molecule has 5 heteroatoms. The number of rotatable bonds is 4. The maximum Gasteiger partial charge on any atom is 0.238 e. The number of hydrogen-bond acceptors (Lipinski definition) is 3. The van der Waals surface area contributed by atoms with E-state index in [4.69, 9.17) is 5.73 Å². The van der Waals surface area contributed by atoms with Gasteiger partial charge in [0.1, 0.15) is 0 Å². The minimum atomic E-state index is -3.27. The molecule has 0 spiro atoms. The molecule has 100 valence electrons. The van der Waals surface area contributed by atoms with Gasteiger partial charge in [-0.1, -0.05) is 25.0 Å². The van der Waals surface area contributed by atoms with Crippen LogP contribution < -0.4 is 10.0 Å². The fourth-order valence-electron chi connectivity index (χ4n) is 2.57. The van der Waals surface area contributed by atoms with Crippen molar-refractivity contribution in [2.75, 3.05) is 16.6 Å². The van der Waals surface area contributed by atoms with Crippen molar-refractivity contribution >= 4 is 21.4 Å². The van der Waals surface area contributed by atoms with Gasteiger partial charge in [0.05, 0.1) is 16.6 Å². The Bertz CT molecular complexity index is 507. The summed E-state index contributed by atoms with van der Waals surface area (Å²) in [6.45, 7) is 2.27. The first-order valence-electron chi connectivity index (χ1n) is 6.43. The number of nitrogen functional groups attached to an aromatic ring is 1. The van der Waals surface area contributed by atoms with Crippen molar-refractivity contribution in [2.45, 2.75) is 37.9 Å². The molecule has 0 radical (unpaired) electrons. The summed E-state index contributed by atoms with van der Waals surface area (Å²) in [6.07, 6.45) is 3.55. The van der Waals surface area contributed by atoms with Crippen molar-refractivity contribution in [3.8, 4) is 0 Å². The van der Waals surface area contributed by atoms with Gasteiger partial charge in [0.15, 0.2) is 0 Å². The largest absolute Gasteiger partial charge is 0.397 e. The number of anilines is 2. The van der Waals surface area contributed by atoms with Crippen molar-refractivity contribution in [3.63, 3.8) is 0 Å². The topological polar surface area (TPSA) is 63.4 Å². The molecule has 2 rings (SSSR count). The minimum absolute atomic E-state index is 0.239. The van der Waals surface area contributed by atoms with E-state index in [1.54, 1.807) is 12.1 Å². The van der Waals surface area contributed by atoms with Gasteiger partial charge in [-0.15, -0.1) is 0 Å². The smallest absolute Gasteiger partial charge is 0.238 e. The number of benzene rings is 1. The number of para-hydroxylation sites is 2. The average Bonchev–Trinajstić information content (AvgIpc) is 2.86. The monoisotopic (exact) mass is 268 g/mol. The Morgan fingerprint density at radius 2 is 1.89 bits per heavy atom. The molecule has 1 aliphatic carbocycles. The zero-order valence-electron chi connectivity index (χ0n) is 10.7. The van der Waals surface area contributed by atoms with Crippen molar-refractivity contribution in [1.82, 2.24) is 0 Å². The summed E-state index contributed by atoms with van der Waals surface area (Å²) in [6, 6.07) is 7.14. The van der Waals surface area contributed by atoms with Gasteiger partial charge in [-0.3, -0.25) is 4.31 Å². The Labute approximate surface area is 109 Å². The molecule has 0 aromatic heterocycles. The highest BCUT2D eigenvalue weighted by molar-refractivity contribution is 7.93. The molecule has 0 atom stereocenters. The number of nitrogens with zero attached hydrogens (tertiary/aromatic N) is 1. The third-order valence-electron chi connectivity index (χ3n) is 3.52. The Morgan fingerprint density at radius 1 is 1.28 bits per heavy atom. The molecule has 1 saturated carbocycles. The second-order valence-electron chi connectivity index (χ2n) is 4.67. The van der Waals surface area contributed by atoms with E-state index in [0.29, 0.717) is 17.9 Å². The summed E-state index contributed by atoms with van der Waals surface area (Å²) < 4.78 is 26.6. The van der Waals surface area contributed by atoms with E-state index in [-0.39, 0.29) is 5.25 Å². The van der Waals surface area contributed by atoms with Crippen molar-refractivity contribution in [3.05, 3.63) is 24.3 Å². The third-order valence-corrected chi connectivity index (χ3v) is 5.91. The molecule has 1 aliphatic rings. The van der Waals surface area contributed by atoms with Crippen LogP contribution in [0.4, 0.5) is 11.4 Å². The van der Waals surface area contributed by atoms with Crippen LogP contribution in [0.1, 0.15) is 32.6 Å². The number of sulfonamides is 1. The van der Waals surface area contributed by atoms with Crippen LogP contribution in [-0.2, 0) is 10.0 Å². The fraction of sp³-hybridized carbons (Fsp3) is 0.538. The number of nitrogens with two attached hydrogens (primary N) is 1. The van der Waals surface area contributed by atoms with Crippen LogP contribution in [0.25, 0.3) is 0 Å². The molecule has 1 aromatic rings. The summed E-state index contributed by atoms with van der Waals surface area (Å²) in [5.74, 6) is 0. The highest BCUT2D eigenvalue weighted by Gasteiger charge is 2.34. The van der Waals surface area contributed by atoms with Crippen molar-refractivity contribution < 1.29 is 8.42 Å². The van der Waals surface area contributed by atoms with Crippen molar-refractivity contribution in [1.29, 1.82) is 0 Å². The molecule has 1 aromatic carbocycles. The molecular weight excluding hydrogens is 248 g/mol. The van der Waals surface area contributed by atoms with Crippen LogP contribution in [0.5, 0.6) is 0 Å². The van der Waals surface area contributed by atoms with Crippen LogP contribution in [0.15, 0.2) is 24.3 Å². The third kappa shape index (κ3) is 2.32. The maximum absolute atomic E-state index is 12.6. The van der Waals surface area contributed by atoms with E-state index in [0.717, 1.165) is 25.7 Å². The Balaban J connectivity index is 2.37. The molecule has 0 amide bonds. The zero-order chi connectivity index (χ0) is 13.2. The highest BCUT2D eigenvalue weighted by atomic mass is 32.2. The fourth-order valence-corrected chi connectivity index (χ4v) is 4.66. The average molecular weight is 268 g/mol. The number of hydrogen-bond donors (Lipinski definition) is 1. The molecule has 4 nitrogen and oxygen atoms in total. The Kier molecular flexibility index (Phi) is 3.80. The van der Waals surface area contributed by atoms with E-state index in [2.05, 4.69) is 0 Å². The molecule has 1 fully saturated rings. The van der Waals surface area contributed by atoms with Gasteiger partial charge in [-0.25, -0.2) is 8.42 Å². The lowest BCUT2D eigenvalue weighted by molar-refractivity contribution is 0.575. The lowest BCUT2D eigenvalue weighted by Gasteiger charge is -2.27. The standard InChI is InChI=1S/C13H20N2O2S/c1-2-15(13-10-6-5-9-12(13)14)18(16,17)11-7-3-4-8-11/h5-6,9-11H,2-4,7-8,14H2,1H3. The molecule has 0 saturated heterocycles. The van der Waals surface area contributed by atoms with Gasteiger partial charge < -0.3 is 5.73 Å². The van der Waals surface area contributed by atoms with E-state index < -0.39 is 10.0 Å². The molecule has 0 bridgehead atoms. The maximum atomic E-state index is 12.6. The molecular formula is C13H20N2O2S. The summed E-state index contributed by atoms with van der Waals surface area (Å²) >= 11 is 0. The Hall–Kier alpha value is -1.23. The van der Waals surface area contributed by atoms with Crippen LogP contribution in [-0.4, -0.2) is 20.2 Å². The lowest BCUT2D eigenvalue weighted by atomic mass is 10.3. The van der Waals surface area contributed by atoms with E-state index >= 15 is 0 Å². The van der Waals surface area contributed by atoms with Crippen LogP contribution in [0.3, 0.4) is 0 Å². The van der Waals surface area contributed by atoms with Crippen LogP contribution in [0.2, 0.25) is 0 Å². The lowest BCUT2D eigenvalue weighted by Crippen LogP contribution is -2.38. The molecule has 0 aliphatic heterocycles. The van der Waals surface area contributed by atoms with Gasteiger partial charge in [-0.05, 0) is 31.9 Å². The second-order valence-corrected chi connectivity index (χ2v) is 6.81. The predicted octanol–water partition coefficient (Wildman–Crippen LogP) is 2.37. The summed E-state index contributed by atoms with van der Waals surface area (Å²) in [5, 5.41) is -0.239. The van der Waals surface area contributed by atoms with Gasteiger partial charge in [0.2, 0.25) is 10.0 Å². The van der Waals surface area contributed by atoms with E-state index in [9.17, 15) is 8.42 Å². The summed E-state index contributed by atoms with van der Waals surface area (Å²) in [7, 11) is -3.27. The Morgan fingerprint density at radius 3 is 2.44 bits per heavy atom. The normalized spacial score (nSPS) is 16.9. The molecule has 2 N–H and O–H groups in total.